The molecule has 0 aliphatic carbocycles. The lowest BCUT2D eigenvalue weighted by molar-refractivity contribution is -0.179. The van der Waals surface area contributed by atoms with Gasteiger partial charge in [0.05, 0.1) is 12.6 Å². The van der Waals surface area contributed by atoms with Gasteiger partial charge in [-0.25, -0.2) is 19.6 Å². The molecule has 0 bridgehead atoms. The Kier molecular flexibility index (Phi) is 8.81. The van der Waals surface area contributed by atoms with E-state index in [2.05, 4.69) is 36.2 Å². The van der Waals surface area contributed by atoms with Crippen molar-refractivity contribution in [2.24, 2.45) is 5.16 Å². The Balaban J connectivity index is 1.83. The normalized spacial score (nSPS) is 17.8. The number of carbonyl (C=O) groups excluding carboxylic acids is 4. The van der Waals surface area contributed by atoms with Gasteiger partial charge in [0.15, 0.2) is 10.8 Å². The van der Waals surface area contributed by atoms with Crippen molar-refractivity contribution in [2.45, 2.75) is 90.8 Å². The molecule has 1 saturated heterocycles. The highest BCUT2D eigenvalue weighted by atomic mass is 32.1. The van der Waals surface area contributed by atoms with Gasteiger partial charge in [0, 0.05) is 5.38 Å². The number of β-lactam (4-membered cyclic amide) rings is 1. The molecule has 3 N–H and O–H groups in total. The molecule has 40 heavy (non-hydrogen) atoms. The van der Waals surface area contributed by atoms with Crippen molar-refractivity contribution in [1.82, 2.24) is 30.4 Å². The van der Waals surface area contributed by atoms with Crippen LogP contribution in [0.15, 0.2) is 23.2 Å². The van der Waals surface area contributed by atoms with E-state index in [0.717, 1.165) is 11.3 Å². The molecule has 2 aromatic heterocycles. The average Bonchev–Trinajstić information content (AvgIpc) is 3.47. The number of carbonyl (C=O) groups is 4. The van der Waals surface area contributed by atoms with E-state index in [1.807, 2.05) is 0 Å². The predicted octanol–water partition coefficient (Wildman–Crippen LogP) is 1.61. The number of ether oxygens (including phenoxy) is 2. The minimum absolute atomic E-state index is 0.0288. The summed E-state index contributed by atoms with van der Waals surface area (Å²) in [6, 6.07) is -1.36. The lowest BCUT2D eigenvalue weighted by Crippen LogP contribution is -2.70. The number of oxime groups is 1. The minimum Gasteiger partial charge on any atom is -0.457 e. The van der Waals surface area contributed by atoms with Gasteiger partial charge >= 0.3 is 12.1 Å². The van der Waals surface area contributed by atoms with Crippen LogP contribution in [0.25, 0.3) is 0 Å². The standard InChI is InChI=1S/C24H34N8O7S/c1-22(2,3)37-19(35)24(7,8)39-31-16(14-10-40-20(28-14)30-21(36)38-23(4,5)6)18(34)29-15-13(27-17(15)33)9-32-12-25-11-26-32/h10-13,15H,9H2,1-8H3,(H,27,33)(H,29,34)(H,28,30,36)/t13-,15+/m1/s1. The number of anilines is 1. The monoisotopic (exact) mass is 578 g/mol. The van der Waals surface area contributed by atoms with Crippen LogP contribution in [0.4, 0.5) is 9.93 Å². The summed E-state index contributed by atoms with van der Waals surface area (Å²) in [6.45, 7) is 13.4. The van der Waals surface area contributed by atoms with E-state index in [1.165, 1.54) is 36.6 Å². The lowest BCUT2D eigenvalue weighted by atomic mass is 9.98. The molecule has 1 fully saturated rings. The summed E-state index contributed by atoms with van der Waals surface area (Å²) >= 11 is 1.01. The number of aromatic nitrogens is 4. The zero-order chi connectivity index (χ0) is 29.9. The van der Waals surface area contributed by atoms with Crippen molar-refractivity contribution < 1.29 is 33.5 Å². The average molecular weight is 579 g/mol. The second-order valence-electron chi connectivity index (χ2n) is 11.4. The van der Waals surface area contributed by atoms with E-state index in [0.29, 0.717) is 0 Å². The molecule has 0 unspecified atom stereocenters. The summed E-state index contributed by atoms with van der Waals surface area (Å²) in [6.07, 6.45) is 2.10. The summed E-state index contributed by atoms with van der Waals surface area (Å²) in [5.41, 5.74) is -3.39. The molecule has 3 heterocycles. The maximum atomic E-state index is 13.4. The number of nitrogens with one attached hydrogen (secondary N) is 3. The van der Waals surface area contributed by atoms with Crippen LogP contribution < -0.4 is 16.0 Å². The second kappa shape index (κ2) is 11.6. The van der Waals surface area contributed by atoms with Crippen LogP contribution in [0.1, 0.15) is 61.1 Å². The topological polar surface area (TPSA) is 188 Å². The maximum absolute atomic E-state index is 13.4. The van der Waals surface area contributed by atoms with Crippen LogP contribution in [-0.4, -0.2) is 78.2 Å². The first kappa shape index (κ1) is 30.5. The number of hydrogen-bond acceptors (Lipinski definition) is 12. The van der Waals surface area contributed by atoms with Crippen LogP contribution >= 0.6 is 11.3 Å². The highest BCUT2D eigenvalue weighted by Gasteiger charge is 2.42. The van der Waals surface area contributed by atoms with Crippen LogP contribution in [0.5, 0.6) is 0 Å². The van der Waals surface area contributed by atoms with Crippen molar-refractivity contribution in [3.63, 3.8) is 0 Å². The van der Waals surface area contributed by atoms with Gasteiger partial charge in [0.2, 0.25) is 11.5 Å². The van der Waals surface area contributed by atoms with E-state index in [-0.39, 0.29) is 23.1 Å². The van der Waals surface area contributed by atoms with E-state index >= 15 is 0 Å². The number of hydrogen-bond donors (Lipinski definition) is 3. The molecule has 15 nitrogen and oxygen atoms in total. The molecule has 218 valence electrons. The molecule has 0 spiro atoms. The van der Waals surface area contributed by atoms with Gasteiger partial charge in [-0.3, -0.25) is 19.6 Å². The number of amides is 3. The second-order valence-corrected chi connectivity index (χ2v) is 12.3. The maximum Gasteiger partial charge on any atom is 0.413 e. The van der Waals surface area contributed by atoms with Crippen molar-refractivity contribution in [3.8, 4) is 0 Å². The molecule has 3 amide bonds. The van der Waals surface area contributed by atoms with Crippen LogP contribution in [-0.2, 0) is 35.2 Å². The third kappa shape index (κ3) is 8.46. The quantitative estimate of drug-likeness (QED) is 0.171. The zero-order valence-corrected chi connectivity index (χ0v) is 24.4. The molecule has 2 aromatic rings. The molecule has 0 saturated carbocycles. The van der Waals surface area contributed by atoms with Crippen LogP contribution in [0, 0.1) is 0 Å². The number of nitrogens with zero attached hydrogens (tertiary/aromatic N) is 5. The number of esters is 1. The van der Waals surface area contributed by atoms with Gasteiger partial charge in [0.25, 0.3) is 5.91 Å². The van der Waals surface area contributed by atoms with E-state index in [9.17, 15) is 19.2 Å². The first-order valence-electron chi connectivity index (χ1n) is 12.3. The van der Waals surface area contributed by atoms with Crippen LogP contribution in [0.3, 0.4) is 0 Å². The summed E-state index contributed by atoms with van der Waals surface area (Å²) in [7, 11) is 0. The summed E-state index contributed by atoms with van der Waals surface area (Å²) < 4.78 is 12.1. The summed E-state index contributed by atoms with van der Waals surface area (Å²) in [5, 5.41) is 17.4. The fraction of sp³-hybridized carbons (Fsp3) is 0.583. The molecule has 1 aliphatic rings. The van der Waals surface area contributed by atoms with Crippen LogP contribution in [0.2, 0.25) is 0 Å². The van der Waals surface area contributed by atoms with Crippen molar-refractivity contribution in [3.05, 3.63) is 23.7 Å². The Morgan fingerprint density at radius 2 is 1.77 bits per heavy atom. The minimum atomic E-state index is -1.57. The van der Waals surface area contributed by atoms with Gasteiger partial charge < -0.3 is 24.9 Å². The van der Waals surface area contributed by atoms with Crippen molar-refractivity contribution >= 4 is 46.1 Å². The lowest BCUT2D eigenvalue weighted by Gasteiger charge is -2.36. The molecule has 0 radical (unpaired) electrons. The molecule has 16 heteroatoms. The van der Waals surface area contributed by atoms with Gasteiger partial charge in [-0.15, -0.1) is 11.3 Å². The van der Waals surface area contributed by atoms with E-state index in [4.69, 9.17) is 14.3 Å². The van der Waals surface area contributed by atoms with Gasteiger partial charge in [-0.05, 0) is 55.4 Å². The van der Waals surface area contributed by atoms with Gasteiger partial charge in [-0.2, -0.15) is 5.10 Å². The first-order valence-corrected chi connectivity index (χ1v) is 13.2. The predicted molar refractivity (Wildman–Crippen MR) is 143 cm³/mol. The molecule has 2 atom stereocenters. The smallest absolute Gasteiger partial charge is 0.413 e. The zero-order valence-electron chi connectivity index (χ0n) is 23.6. The van der Waals surface area contributed by atoms with Gasteiger partial charge in [-0.1, -0.05) is 5.16 Å². The molecule has 3 rings (SSSR count). The molecule has 1 aliphatic heterocycles. The Hall–Kier alpha value is -4.08. The van der Waals surface area contributed by atoms with E-state index < -0.39 is 52.8 Å². The highest BCUT2D eigenvalue weighted by Crippen LogP contribution is 2.21. The summed E-state index contributed by atoms with van der Waals surface area (Å²) in [4.78, 5) is 64.1. The molecule has 0 aromatic carbocycles. The Bertz CT molecular complexity index is 1270. The largest absolute Gasteiger partial charge is 0.457 e. The number of rotatable bonds is 9. The molecular formula is C24H34N8O7S. The van der Waals surface area contributed by atoms with Gasteiger partial charge in [0.1, 0.15) is 35.6 Å². The Morgan fingerprint density at radius 3 is 2.35 bits per heavy atom. The summed E-state index contributed by atoms with van der Waals surface area (Å²) in [5.74, 6) is -1.91. The van der Waals surface area contributed by atoms with Crippen molar-refractivity contribution in [1.29, 1.82) is 0 Å². The molecular weight excluding hydrogens is 544 g/mol. The third-order valence-electron chi connectivity index (χ3n) is 4.97. The SMILES string of the molecule is CC(C)(C)OC(=O)Nc1nc(C(=NOC(C)(C)C(=O)OC(C)(C)C)C(=O)N[C@@H]2C(=O)N[C@@H]2Cn2cncn2)cs1. The first-order chi connectivity index (χ1) is 18.4. The van der Waals surface area contributed by atoms with Crippen molar-refractivity contribution in [2.75, 3.05) is 5.32 Å². The Morgan fingerprint density at radius 1 is 1.10 bits per heavy atom. The fourth-order valence-corrected chi connectivity index (χ4v) is 3.81. The Labute approximate surface area is 235 Å². The van der Waals surface area contributed by atoms with E-state index in [1.54, 1.807) is 41.5 Å². The third-order valence-corrected chi connectivity index (χ3v) is 5.73. The highest BCUT2D eigenvalue weighted by molar-refractivity contribution is 7.14. The number of thiazole rings is 1. The fourth-order valence-electron chi connectivity index (χ4n) is 3.13.